The summed E-state index contributed by atoms with van der Waals surface area (Å²) in [5.41, 5.74) is 1.03. The summed E-state index contributed by atoms with van der Waals surface area (Å²) in [6.07, 6.45) is 0.715. The number of urea groups is 1. The first kappa shape index (κ1) is 13.2. The third kappa shape index (κ3) is 3.92. The summed E-state index contributed by atoms with van der Waals surface area (Å²) in [6.45, 7) is 1.33. The molecule has 0 aliphatic carbocycles. The van der Waals surface area contributed by atoms with E-state index in [1.165, 1.54) is 0 Å². The normalized spacial score (nSPS) is 14.2. The maximum Gasteiger partial charge on any atom is 0.320 e. The molecule has 1 heterocycles. The third-order valence-corrected chi connectivity index (χ3v) is 3.70. The Labute approximate surface area is 115 Å². The topological polar surface area (TPSA) is 53.5 Å². The number of benzene rings is 1. The quantitative estimate of drug-likeness (QED) is 0.894. The fourth-order valence-electron chi connectivity index (χ4n) is 1.56. The minimum atomic E-state index is -0.213. The molecular formula is C12H14ClN3OS. The Bertz CT molecular complexity index is 464. The average Bonchev–Trinajstić information content (AvgIpc) is 2.84. The van der Waals surface area contributed by atoms with Gasteiger partial charge in [0.25, 0.3) is 0 Å². The van der Waals surface area contributed by atoms with Crippen LogP contribution in [-0.2, 0) is 6.42 Å². The van der Waals surface area contributed by atoms with Gasteiger partial charge < -0.3 is 5.32 Å². The van der Waals surface area contributed by atoms with Crippen molar-refractivity contribution < 1.29 is 4.79 Å². The van der Waals surface area contributed by atoms with Crippen LogP contribution in [0, 0.1) is 0 Å². The minimum Gasteiger partial charge on any atom is -0.337 e. The van der Waals surface area contributed by atoms with Gasteiger partial charge in [0.2, 0.25) is 0 Å². The number of rotatable bonds is 3. The number of halogens is 1. The van der Waals surface area contributed by atoms with Gasteiger partial charge in [0.1, 0.15) is 0 Å². The Balaban J connectivity index is 1.72. The van der Waals surface area contributed by atoms with Gasteiger partial charge in [0, 0.05) is 17.3 Å². The molecule has 0 spiro atoms. The van der Waals surface area contributed by atoms with E-state index in [0.29, 0.717) is 18.1 Å². The van der Waals surface area contributed by atoms with Crippen LogP contribution >= 0.6 is 23.4 Å². The SMILES string of the molecule is O=C(NCCc1ccccc1Cl)NC1=NCCS1. The second kappa shape index (κ2) is 6.66. The van der Waals surface area contributed by atoms with E-state index in [1.807, 2.05) is 24.3 Å². The zero-order chi connectivity index (χ0) is 12.8. The molecule has 2 N–H and O–H groups in total. The number of thioether (sulfide) groups is 1. The van der Waals surface area contributed by atoms with Crippen LogP contribution < -0.4 is 10.6 Å². The molecule has 0 bridgehead atoms. The number of amides is 2. The van der Waals surface area contributed by atoms with E-state index in [-0.39, 0.29) is 6.03 Å². The monoisotopic (exact) mass is 283 g/mol. The van der Waals surface area contributed by atoms with Crippen molar-refractivity contribution in [1.29, 1.82) is 0 Å². The first-order chi connectivity index (χ1) is 8.75. The molecule has 2 amide bonds. The van der Waals surface area contributed by atoms with Crippen LogP contribution in [0.15, 0.2) is 29.3 Å². The number of hydrogen-bond donors (Lipinski definition) is 2. The third-order valence-electron chi connectivity index (χ3n) is 2.44. The molecule has 0 aromatic heterocycles. The molecule has 0 saturated carbocycles. The number of carbonyl (C=O) groups is 1. The lowest BCUT2D eigenvalue weighted by Crippen LogP contribution is -2.38. The molecule has 0 atom stereocenters. The Morgan fingerprint density at radius 3 is 3.00 bits per heavy atom. The number of hydrogen-bond acceptors (Lipinski definition) is 3. The van der Waals surface area contributed by atoms with E-state index < -0.39 is 0 Å². The lowest BCUT2D eigenvalue weighted by atomic mass is 10.1. The van der Waals surface area contributed by atoms with Crippen LogP contribution in [0.4, 0.5) is 4.79 Å². The molecule has 1 aromatic carbocycles. The lowest BCUT2D eigenvalue weighted by Gasteiger charge is -2.07. The predicted octanol–water partition coefficient (Wildman–Crippen LogP) is 2.28. The molecule has 4 nitrogen and oxygen atoms in total. The van der Waals surface area contributed by atoms with Crippen molar-refractivity contribution in [3.63, 3.8) is 0 Å². The average molecular weight is 284 g/mol. The van der Waals surface area contributed by atoms with Crippen LogP contribution in [-0.4, -0.2) is 30.0 Å². The number of aliphatic imine (C=N–C) groups is 1. The lowest BCUT2D eigenvalue weighted by molar-refractivity contribution is 0.245. The van der Waals surface area contributed by atoms with Crippen LogP contribution in [0.3, 0.4) is 0 Å². The van der Waals surface area contributed by atoms with Gasteiger partial charge in [-0.25, -0.2) is 4.79 Å². The van der Waals surface area contributed by atoms with E-state index >= 15 is 0 Å². The van der Waals surface area contributed by atoms with E-state index in [2.05, 4.69) is 15.6 Å². The van der Waals surface area contributed by atoms with Gasteiger partial charge in [0.05, 0.1) is 6.54 Å². The molecule has 1 aromatic rings. The molecule has 1 aliphatic heterocycles. The molecule has 0 radical (unpaired) electrons. The van der Waals surface area contributed by atoms with Gasteiger partial charge in [-0.3, -0.25) is 10.3 Å². The van der Waals surface area contributed by atoms with Crippen molar-refractivity contribution in [2.75, 3.05) is 18.8 Å². The number of carbonyl (C=O) groups excluding carboxylic acids is 1. The van der Waals surface area contributed by atoms with Crippen molar-refractivity contribution in [2.45, 2.75) is 6.42 Å². The van der Waals surface area contributed by atoms with Gasteiger partial charge in [-0.1, -0.05) is 41.6 Å². The van der Waals surface area contributed by atoms with Gasteiger partial charge in [-0.2, -0.15) is 0 Å². The van der Waals surface area contributed by atoms with E-state index in [0.717, 1.165) is 22.9 Å². The summed E-state index contributed by atoms with van der Waals surface area (Å²) in [5, 5.41) is 6.92. The summed E-state index contributed by atoms with van der Waals surface area (Å²) in [6, 6.07) is 7.42. The van der Waals surface area contributed by atoms with Crippen LogP contribution in [0.25, 0.3) is 0 Å². The first-order valence-corrected chi connectivity index (χ1v) is 7.07. The maximum atomic E-state index is 11.5. The molecule has 18 heavy (non-hydrogen) atoms. The van der Waals surface area contributed by atoms with Crippen LogP contribution in [0.1, 0.15) is 5.56 Å². The standard InChI is InChI=1S/C12H14ClN3OS/c13-10-4-2-1-3-9(10)5-6-14-11(17)16-12-15-7-8-18-12/h1-4H,5-8H2,(H2,14,15,16,17). The number of nitrogens with zero attached hydrogens (tertiary/aromatic N) is 1. The largest absolute Gasteiger partial charge is 0.337 e. The second-order valence-corrected chi connectivity index (χ2v) is 5.25. The predicted molar refractivity (Wildman–Crippen MR) is 76.5 cm³/mol. The zero-order valence-electron chi connectivity index (χ0n) is 9.78. The van der Waals surface area contributed by atoms with Gasteiger partial charge in [0.15, 0.2) is 5.17 Å². The summed E-state index contributed by atoms with van der Waals surface area (Å²) < 4.78 is 0. The van der Waals surface area contributed by atoms with E-state index in [1.54, 1.807) is 11.8 Å². The Morgan fingerprint density at radius 1 is 1.44 bits per heavy atom. The van der Waals surface area contributed by atoms with Crippen molar-refractivity contribution in [2.24, 2.45) is 4.99 Å². The van der Waals surface area contributed by atoms with Crippen molar-refractivity contribution in [3.05, 3.63) is 34.9 Å². The molecule has 0 unspecified atom stereocenters. The fraction of sp³-hybridized carbons (Fsp3) is 0.333. The summed E-state index contributed by atoms with van der Waals surface area (Å²) in [4.78, 5) is 15.7. The maximum absolute atomic E-state index is 11.5. The Kier molecular flexibility index (Phi) is 4.90. The van der Waals surface area contributed by atoms with Gasteiger partial charge >= 0.3 is 6.03 Å². The molecule has 0 saturated heterocycles. The zero-order valence-corrected chi connectivity index (χ0v) is 11.4. The highest BCUT2D eigenvalue weighted by molar-refractivity contribution is 8.14. The summed E-state index contributed by atoms with van der Waals surface area (Å²) in [7, 11) is 0. The van der Waals surface area contributed by atoms with Crippen molar-refractivity contribution in [1.82, 2.24) is 10.6 Å². The van der Waals surface area contributed by atoms with E-state index in [4.69, 9.17) is 11.6 Å². The first-order valence-electron chi connectivity index (χ1n) is 5.71. The molecule has 1 aliphatic rings. The van der Waals surface area contributed by atoms with Crippen LogP contribution in [0.2, 0.25) is 5.02 Å². The van der Waals surface area contributed by atoms with Crippen molar-refractivity contribution in [3.8, 4) is 0 Å². The molecule has 0 fully saturated rings. The van der Waals surface area contributed by atoms with Gasteiger partial charge in [-0.05, 0) is 18.1 Å². The smallest absolute Gasteiger partial charge is 0.320 e. The summed E-state index contributed by atoms with van der Waals surface area (Å²) >= 11 is 7.59. The number of nitrogens with one attached hydrogen (secondary N) is 2. The Hall–Kier alpha value is -1.20. The second-order valence-electron chi connectivity index (χ2n) is 3.76. The molecule has 96 valence electrons. The Morgan fingerprint density at radius 2 is 2.28 bits per heavy atom. The van der Waals surface area contributed by atoms with E-state index in [9.17, 15) is 4.79 Å². The minimum absolute atomic E-state index is 0.213. The molecule has 6 heteroatoms. The van der Waals surface area contributed by atoms with Crippen LogP contribution in [0.5, 0.6) is 0 Å². The fourth-order valence-corrected chi connectivity index (χ4v) is 2.52. The number of amidine groups is 1. The van der Waals surface area contributed by atoms with Crippen molar-refractivity contribution >= 4 is 34.6 Å². The van der Waals surface area contributed by atoms with Gasteiger partial charge in [-0.15, -0.1) is 0 Å². The highest BCUT2D eigenvalue weighted by Crippen LogP contribution is 2.14. The molecule has 2 rings (SSSR count). The molecular weight excluding hydrogens is 270 g/mol. The highest BCUT2D eigenvalue weighted by Gasteiger charge is 2.10. The highest BCUT2D eigenvalue weighted by atomic mass is 35.5. The summed E-state index contributed by atoms with van der Waals surface area (Å²) in [5.74, 6) is 0.940.